The van der Waals surface area contributed by atoms with Crippen molar-refractivity contribution >= 4 is 23.3 Å². The molecule has 0 aliphatic heterocycles. The first kappa shape index (κ1) is 15.4. The molecule has 20 heavy (non-hydrogen) atoms. The van der Waals surface area contributed by atoms with Crippen molar-refractivity contribution in [2.75, 3.05) is 18.9 Å². The number of nitrogens with zero attached hydrogens (tertiary/aromatic N) is 1. The Kier molecular flexibility index (Phi) is 5.01. The van der Waals surface area contributed by atoms with E-state index in [0.29, 0.717) is 0 Å². The van der Waals surface area contributed by atoms with Crippen molar-refractivity contribution in [1.29, 1.82) is 0 Å². The molecule has 0 aromatic heterocycles. The fraction of sp³-hybridized carbons (Fsp3) is 0.333. The van der Waals surface area contributed by atoms with Crippen molar-refractivity contribution in [3.8, 4) is 0 Å². The second-order valence-electron chi connectivity index (χ2n) is 4.19. The maximum Gasteiger partial charge on any atom is 0.308 e. The maximum absolute atomic E-state index is 11.5. The summed E-state index contributed by atoms with van der Waals surface area (Å²) >= 11 is 0. The van der Waals surface area contributed by atoms with Crippen LogP contribution in [0, 0.1) is 16.0 Å². The lowest BCUT2D eigenvalue weighted by molar-refractivity contribution is -0.384. The molecular formula is C12H15N3O5. The fourth-order valence-corrected chi connectivity index (χ4v) is 1.47. The van der Waals surface area contributed by atoms with Crippen molar-refractivity contribution in [3.63, 3.8) is 0 Å². The van der Waals surface area contributed by atoms with Crippen molar-refractivity contribution in [2.24, 2.45) is 5.92 Å². The molecule has 1 aromatic rings. The van der Waals surface area contributed by atoms with E-state index in [9.17, 15) is 19.7 Å². The van der Waals surface area contributed by atoms with E-state index in [1.807, 2.05) is 0 Å². The number of carboxylic acids is 1. The minimum absolute atomic E-state index is 0.0212. The number of anilines is 1. The largest absolute Gasteiger partial charge is 0.481 e. The number of nitro groups is 1. The van der Waals surface area contributed by atoms with Crippen molar-refractivity contribution in [1.82, 2.24) is 5.32 Å². The fourth-order valence-electron chi connectivity index (χ4n) is 1.47. The van der Waals surface area contributed by atoms with E-state index in [2.05, 4.69) is 10.6 Å². The number of nitrogens with one attached hydrogen (secondary N) is 2. The summed E-state index contributed by atoms with van der Waals surface area (Å²) in [7, 11) is 1.45. The van der Waals surface area contributed by atoms with Crippen LogP contribution in [-0.4, -0.2) is 35.5 Å². The quantitative estimate of drug-likeness (QED) is 0.530. The second-order valence-corrected chi connectivity index (χ2v) is 4.19. The monoisotopic (exact) mass is 281 g/mol. The Morgan fingerprint density at radius 3 is 2.60 bits per heavy atom. The van der Waals surface area contributed by atoms with Gasteiger partial charge in [-0.25, -0.2) is 0 Å². The second kappa shape index (κ2) is 6.50. The van der Waals surface area contributed by atoms with Crippen LogP contribution >= 0.6 is 0 Å². The molecule has 0 saturated carbocycles. The number of nitro benzene ring substituents is 1. The van der Waals surface area contributed by atoms with Crippen LogP contribution in [0.25, 0.3) is 0 Å². The number of carboxylic acid groups (broad SMARTS) is 1. The van der Waals surface area contributed by atoms with Crippen LogP contribution < -0.4 is 10.6 Å². The van der Waals surface area contributed by atoms with E-state index in [0.717, 1.165) is 0 Å². The normalized spacial score (nSPS) is 11.5. The molecule has 0 aliphatic rings. The van der Waals surface area contributed by atoms with Gasteiger partial charge in [0.15, 0.2) is 0 Å². The zero-order valence-electron chi connectivity index (χ0n) is 11.0. The van der Waals surface area contributed by atoms with Gasteiger partial charge in [0.25, 0.3) is 11.6 Å². The average Bonchev–Trinajstić information content (AvgIpc) is 2.43. The van der Waals surface area contributed by atoms with Gasteiger partial charge in [0.1, 0.15) is 5.69 Å². The molecule has 1 atom stereocenters. The van der Waals surface area contributed by atoms with E-state index in [1.165, 1.54) is 32.2 Å². The Bertz CT molecular complexity index is 544. The van der Waals surface area contributed by atoms with Crippen LogP contribution in [0.1, 0.15) is 17.3 Å². The van der Waals surface area contributed by atoms with Gasteiger partial charge in [-0.2, -0.15) is 0 Å². The van der Waals surface area contributed by atoms with Gasteiger partial charge in [-0.15, -0.1) is 0 Å². The Morgan fingerprint density at radius 1 is 1.45 bits per heavy atom. The summed E-state index contributed by atoms with van der Waals surface area (Å²) in [5.74, 6) is -2.10. The van der Waals surface area contributed by atoms with Crippen molar-refractivity contribution in [3.05, 3.63) is 33.9 Å². The predicted octanol–water partition coefficient (Wildman–Crippen LogP) is 1.09. The molecule has 1 unspecified atom stereocenters. The van der Waals surface area contributed by atoms with Crippen LogP contribution in [0.3, 0.4) is 0 Å². The van der Waals surface area contributed by atoms with E-state index in [4.69, 9.17) is 5.11 Å². The highest BCUT2D eigenvalue weighted by Crippen LogP contribution is 2.25. The highest BCUT2D eigenvalue weighted by Gasteiger charge is 2.18. The molecule has 0 heterocycles. The molecule has 0 bridgehead atoms. The van der Waals surface area contributed by atoms with Gasteiger partial charge < -0.3 is 15.7 Å². The minimum Gasteiger partial charge on any atom is -0.481 e. The Labute approximate surface area is 114 Å². The first-order chi connectivity index (χ1) is 9.36. The summed E-state index contributed by atoms with van der Waals surface area (Å²) in [5.41, 5.74) is 0.156. The number of aliphatic carboxylic acids is 1. The summed E-state index contributed by atoms with van der Waals surface area (Å²) in [6, 6.07) is 3.87. The number of hydrogen-bond donors (Lipinski definition) is 3. The molecule has 0 radical (unpaired) electrons. The number of hydrogen-bond acceptors (Lipinski definition) is 5. The lowest BCUT2D eigenvalue weighted by Crippen LogP contribution is -2.21. The zero-order chi connectivity index (χ0) is 15.3. The third-order valence-electron chi connectivity index (χ3n) is 2.70. The highest BCUT2D eigenvalue weighted by atomic mass is 16.6. The molecule has 1 amide bonds. The molecule has 1 rings (SSSR count). The van der Waals surface area contributed by atoms with E-state index in [-0.39, 0.29) is 29.4 Å². The maximum atomic E-state index is 11.5. The Balaban J connectivity index is 3.03. The summed E-state index contributed by atoms with van der Waals surface area (Å²) < 4.78 is 0. The molecule has 108 valence electrons. The third kappa shape index (κ3) is 3.67. The smallest absolute Gasteiger partial charge is 0.308 e. The molecular weight excluding hydrogens is 266 g/mol. The first-order valence-electron chi connectivity index (χ1n) is 5.84. The van der Waals surface area contributed by atoms with E-state index in [1.54, 1.807) is 0 Å². The summed E-state index contributed by atoms with van der Waals surface area (Å²) in [6.45, 7) is 1.50. The summed E-state index contributed by atoms with van der Waals surface area (Å²) in [5, 5.41) is 24.8. The predicted molar refractivity (Wildman–Crippen MR) is 71.8 cm³/mol. The molecule has 8 nitrogen and oxygen atoms in total. The van der Waals surface area contributed by atoms with Crippen LogP contribution in [0.2, 0.25) is 0 Å². The summed E-state index contributed by atoms with van der Waals surface area (Å²) in [4.78, 5) is 32.5. The first-order valence-corrected chi connectivity index (χ1v) is 5.84. The SMILES string of the molecule is CNC(=O)c1ccc([N+](=O)[O-])c(NCC(C)C(=O)O)c1. The van der Waals surface area contributed by atoms with Crippen LogP contribution in [0.15, 0.2) is 18.2 Å². The molecule has 3 N–H and O–H groups in total. The van der Waals surface area contributed by atoms with Gasteiger partial charge in [-0.05, 0) is 12.1 Å². The van der Waals surface area contributed by atoms with Crippen LogP contribution in [0.4, 0.5) is 11.4 Å². The summed E-state index contributed by atoms with van der Waals surface area (Å²) in [6.07, 6.45) is 0. The number of benzene rings is 1. The molecule has 0 spiro atoms. The molecule has 1 aromatic carbocycles. The van der Waals surface area contributed by atoms with Gasteiger partial charge in [-0.1, -0.05) is 6.92 Å². The number of amides is 1. The average molecular weight is 281 g/mol. The lowest BCUT2D eigenvalue weighted by Gasteiger charge is -2.11. The third-order valence-corrected chi connectivity index (χ3v) is 2.70. The van der Waals surface area contributed by atoms with Gasteiger partial charge in [0.2, 0.25) is 0 Å². The Morgan fingerprint density at radius 2 is 2.10 bits per heavy atom. The zero-order valence-corrected chi connectivity index (χ0v) is 11.0. The molecule has 0 saturated heterocycles. The lowest BCUT2D eigenvalue weighted by atomic mass is 10.1. The molecule has 8 heteroatoms. The van der Waals surface area contributed by atoms with Gasteiger partial charge in [0.05, 0.1) is 10.8 Å². The van der Waals surface area contributed by atoms with Crippen molar-refractivity contribution < 1.29 is 19.6 Å². The standard InChI is InChI=1S/C12H15N3O5/c1-7(12(17)18)6-14-9-5-8(11(16)13-2)3-4-10(9)15(19)20/h3-5,7,14H,6H2,1-2H3,(H,13,16)(H,17,18). The van der Waals surface area contributed by atoms with Crippen molar-refractivity contribution in [2.45, 2.75) is 6.92 Å². The molecule has 0 aliphatic carbocycles. The van der Waals surface area contributed by atoms with Gasteiger partial charge >= 0.3 is 5.97 Å². The van der Waals surface area contributed by atoms with Gasteiger partial charge in [-0.3, -0.25) is 19.7 Å². The number of carbonyl (C=O) groups excluding carboxylic acids is 1. The number of rotatable bonds is 6. The molecule has 0 fully saturated rings. The van der Waals surface area contributed by atoms with Gasteiger partial charge in [0, 0.05) is 25.2 Å². The van der Waals surface area contributed by atoms with E-state index < -0.39 is 16.8 Å². The number of carbonyl (C=O) groups is 2. The topological polar surface area (TPSA) is 122 Å². The van der Waals surface area contributed by atoms with E-state index >= 15 is 0 Å². The Hall–Kier alpha value is -2.64. The highest BCUT2D eigenvalue weighted by molar-refractivity contribution is 5.95. The van der Waals surface area contributed by atoms with Crippen LogP contribution in [-0.2, 0) is 4.79 Å². The van der Waals surface area contributed by atoms with Crippen LogP contribution in [0.5, 0.6) is 0 Å². The minimum atomic E-state index is -1.01.